The molecule has 6 heteroatoms. The minimum Gasteiger partial charge on any atom is -0.444 e. The van der Waals surface area contributed by atoms with Gasteiger partial charge < -0.3 is 9.47 Å². The van der Waals surface area contributed by atoms with E-state index >= 15 is 0 Å². The molecule has 2 heterocycles. The topological polar surface area (TPSA) is 70.4 Å². The number of carbonyl (C=O) groups is 2. The summed E-state index contributed by atoms with van der Waals surface area (Å²) in [5, 5.41) is 4.59. The highest BCUT2D eigenvalue weighted by molar-refractivity contribution is 6.13. The highest BCUT2D eigenvalue weighted by Crippen LogP contribution is 2.38. The van der Waals surface area contributed by atoms with E-state index in [1.165, 1.54) is 11.6 Å². The fourth-order valence-electron chi connectivity index (χ4n) is 3.30. The Bertz CT molecular complexity index is 1110. The summed E-state index contributed by atoms with van der Waals surface area (Å²) in [4.78, 5) is 24.5. The Morgan fingerprint density at radius 2 is 1.76 bits per heavy atom. The third-order valence-corrected chi connectivity index (χ3v) is 4.69. The molecule has 2 aromatic carbocycles. The fourth-order valence-corrected chi connectivity index (χ4v) is 3.30. The number of aromatic nitrogens is 2. The predicted molar refractivity (Wildman–Crippen MR) is 107 cm³/mol. The van der Waals surface area contributed by atoms with E-state index in [0.29, 0.717) is 5.69 Å². The maximum atomic E-state index is 12.8. The van der Waals surface area contributed by atoms with E-state index in [1.807, 2.05) is 74.5 Å². The van der Waals surface area contributed by atoms with Crippen LogP contribution in [0, 0.1) is 13.8 Å². The zero-order chi connectivity index (χ0) is 20.5. The van der Waals surface area contributed by atoms with Crippen molar-refractivity contribution in [3.8, 4) is 11.3 Å². The summed E-state index contributed by atoms with van der Waals surface area (Å²) in [5.41, 5.74) is 4.35. The first kappa shape index (κ1) is 18.7. The average molecular weight is 388 g/mol. The second kappa shape index (κ2) is 7.39. The van der Waals surface area contributed by atoms with E-state index in [1.54, 1.807) is 0 Å². The van der Waals surface area contributed by atoms with E-state index in [4.69, 9.17) is 9.47 Å². The molecule has 0 N–H and O–H groups in total. The van der Waals surface area contributed by atoms with Gasteiger partial charge in [-0.1, -0.05) is 60.2 Å². The second-order valence-corrected chi connectivity index (χ2v) is 6.95. The summed E-state index contributed by atoms with van der Waals surface area (Å²) in [6.45, 7) is 5.15. The Kier molecular flexibility index (Phi) is 4.76. The smallest absolute Gasteiger partial charge is 0.361 e. The van der Waals surface area contributed by atoms with Gasteiger partial charge in [-0.05, 0) is 19.9 Å². The Balaban J connectivity index is 1.83. The van der Waals surface area contributed by atoms with Crippen molar-refractivity contribution in [3.63, 3.8) is 0 Å². The molecule has 6 nitrogen and oxygen atoms in total. The van der Waals surface area contributed by atoms with Gasteiger partial charge in [0.2, 0.25) is 0 Å². The van der Waals surface area contributed by atoms with Crippen LogP contribution in [-0.4, -0.2) is 21.7 Å². The van der Waals surface area contributed by atoms with Crippen LogP contribution in [0.3, 0.4) is 0 Å². The van der Waals surface area contributed by atoms with E-state index in [0.717, 1.165) is 22.4 Å². The number of cyclic esters (lactones) is 1. The standard InChI is InChI=1S/C23H20N2O4/c1-14-9-11-17(12-10-14)19-13-15(2)25(24-19)20-22(28-16(3)26)21(29-23(20)27)18-7-5-4-6-8-18/h4-13,21H,1-3H3. The van der Waals surface area contributed by atoms with Crippen molar-refractivity contribution in [2.24, 2.45) is 0 Å². The molecule has 0 radical (unpaired) electrons. The van der Waals surface area contributed by atoms with Crippen molar-refractivity contribution in [3.05, 3.63) is 83.2 Å². The van der Waals surface area contributed by atoms with Gasteiger partial charge in [0, 0.05) is 23.7 Å². The van der Waals surface area contributed by atoms with Crippen molar-refractivity contribution in [1.29, 1.82) is 0 Å². The zero-order valence-electron chi connectivity index (χ0n) is 16.4. The van der Waals surface area contributed by atoms with Crippen LogP contribution in [-0.2, 0) is 19.1 Å². The van der Waals surface area contributed by atoms with Crippen LogP contribution in [0.1, 0.15) is 29.8 Å². The molecule has 4 rings (SSSR count). The number of hydrogen-bond donors (Lipinski definition) is 0. The molecule has 29 heavy (non-hydrogen) atoms. The SMILES string of the molecule is CC(=O)OC1=C(n2nc(-c3ccc(C)cc3)cc2C)C(=O)OC1c1ccccc1. The molecule has 0 bridgehead atoms. The fraction of sp³-hybridized carbons (Fsp3) is 0.174. The molecule has 1 unspecified atom stereocenters. The average Bonchev–Trinajstić information content (AvgIpc) is 3.22. The minimum atomic E-state index is -0.797. The van der Waals surface area contributed by atoms with E-state index in [-0.39, 0.29) is 11.5 Å². The number of esters is 2. The molecule has 146 valence electrons. The van der Waals surface area contributed by atoms with Crippen LogP contribution in [0.5, 0.6) is 0 Å². The van der Waals surface area contributed by atoms with Gasteiger partial charge in [0.25, 0.3) is 0 Å². The number of rotatable bonds is 4. The molecule has 0 spiro atoms. The molecular weight excluding hydrogens is 368 g/mol. The van der Waals surface area contributed by atoms with E-state index in [9.17, 15) is 9.59 Å². The monoisotopic (exact) mass is 388 g/mol. The highest BCUT2D eigenvalue weighted by Gasteiger charge is 2.40. The molecule has 0 fully saturated rings. The molecule has 0 amide bonds. The molecule has 0 saturated carbocycles. The lowest BCUT2D eigenvalue weighted by molar-refractivity contribution is -0.143. The number of ether oxygens (including phenoxy) is 2. The maximum Gasteiger partial charge on any atom is 0.361 e. The third-order valence-electron chi connectivity index (χ3n) is 4.69. The lowest BCUT2D eigenvalue weighted by atomic mass is 10.1. The Morgan fingerprint density at radius 3 is 2.41 bits per heavy atom. The van der Waals surface area contributed by atoms with Crippen LogP contribution in [0.15, 0.2) is 66.4 Å². The molecule has 3 aromatic rings. The number of nitrogens with zero attached hydrogens (tertiary/aromatic N) is 2. The van der Waals surface area contributed by atoms with Crippen molar-refractivity contribution in [1.82, 2.24) is 9.78 Å². The molecule has 1 aliphatic heterocycles. The Morgan fingerprint density at radius 1 is 1.07 bits per heavy atom. The zero-order valence-corrected chi connectivity index (χ0v) is 16.4. The van der Waals surface area contributed by atoms with Crippen molar-refractivity contribution < 1.29 is 19.1 Å². The van der Waals surface area contributed by atoms with E-state index < -0.39 is 18.0 Å². The lowest BCUT2D eigenvalue weighted by Crippen LogP contribution is -2.11. The van der Waals surface area contributed by atoms with Gasteiger partial charge in [-0.15, -0.1) is 0 Å². The first-order valence-corrected chi connectivity index (χ1v) is 9.26. The lowest BCUT2D eigenvalue weighted by Gasteiger charge is -2.13. The normalized spacial score (nSPS) is 16.1. The summed E-state index contributed by atoms with van der Waals surface area (Å²) >= 11 is 0. The van der Waals surface area contributed by atoms with Crippen LogP contribution in [0.2, 0.25) is 0 Å². The first-order chi connectivity index (χ1) is 13.9. The summed E-state index contributed by atoms with van der Waals surface area (Å²) < 4.78 is 12.5. The summed E-state index contributed by atoms with van der Waals surface area (Å²) in [7, 11) is 0. The van der Waals surface area contributed by atoms with Crippen molar-refractivity contribution >= 4 is 17.6 Å². The molecular formula is C23H20N2O4. The quantitative estimate of drug-likeness (QED) is 0.627. The first-order valence-electron chi connectivity index (χ1n) is 9.26. The van der Waals surface area contributed by atoms with Crippen LogP contribution >= 0.6 is 0 Å². The van der Waals surface area contributed by atoms with Crippen molar-refractivity contribution in [2.45, 2.75) is 26.9 Å². The third kappa shape index (κ3) is 3.57. The Hall–Kier alpha value is -3.67. The second-order valence-electron chi connectivity index (χ2n) is 6.95. The molecule has 0 aliphatic carbocycles. The summed E-state index contributed by atoms with van der Waals surface area (Å²) in [6.07, 6.45) is -0.797. The molecule has 1 aromatic heterocycles. The van der Waals surface area contributed by atoms with Gasteiger partial charge in [0.15, 0.2) is 17.6 Å². The van der Waals surface area contributed by atoms with Gasteiger partial charge in [-0.25, -0.2) is 9.48 Å². The van der Waals surface area contributed by atoms with Gasteiger partial charge in [0.1, 0.15) is 0 Å². The molecule has 0 saturated heterocycles. The molecule has 1 aliphatic rings. The van der Waals surface area contributed by atoms with Gasteiger partial charge in [0.05, 0.1) is 5.69 Å². The number of carbonyl (C=O) groups excluding carboxylic acids is 2. The largest absolute Gasteiger partial charge is 0.444 e. The van der Waals surface area contributed by atoms with Crippen LogP contribution < -0.4 is 0 Å². The highest BCUT2D eigenvalue weighted by atomic mass is 16.6. The summed E-state index contributed by atoms with van der Waals surface area (Å²) in [5.74, 6) is -0.965. The van der Waals surface area contributed by atoms with Crippen LogP contribution in [0.25, 0.3) is 17.0 Å². The van der Waals surface area contributed by atoms with Gasteiger partial charge in [-0.2, -0.15) is 5.10 Å². The van der Waals surface area contributed by atoms with Crippen LogP contribution in [0.4, 0.5) is 0 Å². The number of aryl methyl sites for hydroxylation is 2. The van der Waals surface area contributed by atoms with Crippen molar-refractivity contribution in [2.75, 3.05) is 0 Å². The summed E-state index contributed by atoms with van der Waals surface area (Å²) in [6, 6.07) is 19.0. The Labute approximate surface area is 168 Å². The predicted octanol–water partition coefficient (Wildman–Crippen LogP) is 4.20. The van der Waals surface area contributed by atoms with E-state index in [2.05, 4.69) is 5.10 Å². The van der Waals surface area contributed by atoms with Gasteiger partial charge >= 0.3 is 11.9 Å². The minimum absolute atomic E-state index is 0.116. The van der Waals surface area contributed by atoms with Gasteiger partial charge in [-0.3, -0.25) is 4.79 Å². The molecule has 1 atom stereocenters. The number of hydrogen-bond acceptors (Lipinski definition) is 5. The number of benzene rings is 2. The maximum absolute atomic E-state index is 12.8.